The molecule has 32 nitrogen and oxygen atoms in total. The second-order valence-electron chi connectivity index (χ2n) is 1.30. The number of hydrogen-bond acceptors (Lipinski definition) is 6. The number of carbonyl (C=O) groups is 1. The summed E-state index contributed by atoms with van der Waals surface area (Å²) < 4.78 is 21.7. The molecule has 0 aliphatic heterocycles. The molecule has 0 saturated heterocycles. The van der Waals surface area contributed by atoms with Gasteiger partial charge in [0.25, 0.3) is 0 Å². The summed E-state index contributed by atoms with van der Waals surface area (Å²) in [5, 5.41) is 13.9. The van der Waals surface area contributed by atoms with Gasteiger partial charge in [-0.1, -0.05) is 0 Å². The monoisotopic (exact) mass is 680 g/mol. The van der Waals surface area contributed by atoms with Crippen LogP contribution in [0.4, 0.5) is 4.79 Å². The van der Waals surface area contributed by atoms with Gasteiger partial charge in [0, 0.05) is 0 Å². The van der Waals surface area contributed by atoms with Crippen molar-refractivity contribution in [1.82, 2.24) is 0 Å². The summed E-state index contributed by atoms with van der Waals surface area (Å²) in [6, 6.07) is 0. The van der Waals surface area contributed by atoms with Gasteiger partial charge < -0.3 is 155 Å². The minimum atomic E-state index is -5.55. The van der Waals surface area contributed by atoms with Crippen molar-refractivity contribution in [2.45, 2.75) is 0 Å². The van der Waals surface area contributed by atoms with Gasteiger partial charge >= 0.3 is 73.1 Å². The SMILES string of the molecule is O.O.O.O.O.O.O.O.O.O.O.O.O.O.O.O.O.O.O.O.O.O.O=C(O)O.O=P([O-])([O-])OP(=O)(O)O.[Na+].[Na+]. The molecular weight excluding hydrogens is 632 g/mol. The van der Waals surface area contributed by atoms with Crippen LogP contribution in [0.3, 0.4) is 0 Å². The van der Waals surface area contributed by atoms with Crippen LogP contribution >= 0.6 is 15.6 Å². The second kappa shape index (κ2) is 168. The van der Waals surface area contributed by atoms with Crippen molar-refractivity contribution in [3.05, 3.63) is 0 Å². The predicted molar refractivity (Wildman–Crippen MR) is 111 cm³/mol. The van der Waals surface area contributed by atoms with Crippen LogP contribution in [0.5, 0.6) is 0 Å². The van der Waals surface area contributed by atoms with Gasteiger partial charge in [-0.05, 0) is 0 Å². The van der Waals surface area contributed by atoms with E-state index in [9.17, 15) is 18.9 Å². The van der Waals surface area contributed by atoms with Gasteiger partial charge in [-0.15, -0.1) is 0 Å². The molecule has 0 atom stereocenters. The van der Waals surface area contributed by atoms with Gasteiger partial charge in [0.1, 0.15) is 0 Å². The fourth-order valence-corrected chi connectivity index (χ4v) is 1.17. The number of phosphoric acid groups is 2. The molecule has 0 unspecified atom stereocenters. The molecule has 37 heavy (non-hydrogen) atoms. The third kappa shape index (κ3) is 995. The molecule has 0 rings (SSSR count). The van der Waals surface area contributed by atoms with Crippen LogP contribution < -0.4 is 68.9 Å². The Balaban J connectivity index is -0.00000000173. The molecule has 48 N–H and O–H groups in total. The van der Waals surface area contributed by atoms with Crippen LogP contribution in [0.15, 0.2) is 0 Å². The van der Waals surface area contributed by atoms with Crippen LogP contribution in [-0.4, -0.2) is 147 Å². The molecule has 0 amide bonds. The maximum atomic E-state index is 9.55. The standard InChI is InChI=1S/CH2O3.2Na.H4O7P2.22H2O/c2-1(3)4;;;1-8(2,3)7-9(4,5)6;;;;;;;;;;;;;;;;;;;;;;/h(H2,2,3,4);;;(H2,1,2,3)(H2,4,5,6);22*1H2/q;2*+1;;;;;;;;;;;;;;;;;;;;;;;/p-2. The summed E-state index contributed by atoms with van der Waals surface area (Å²) in [6.45, 7) is 0. The fourth-order valence-electron chi connectivity index (χ4n) is 0.130. The first-order valence-electron chi connectivity index (χ1n) is 2.15. The van der Waals surface area contributed by atoms with Crippen LogP contribution in [0.1, 0.15) is 0 Å². The molecule has 0 aromatic rings. The summed E-state index contributed by atoms with van der Waals surface area (Å²) in [5.41, 5.74) is 0. The van der Waals surface area contributed by atoms with Crippen molar-refractivity contribution in [3.8, 4) is 0 Å². The Morgan fingerprint density at radius 2 is 0.541 bits per heavy atom. The molecular formula is CH48Na2O32P2. The third-order valence-electron chi connectivity index (χ3n) is 0.206. The van der Waals surface area contributed by atoms with Gasteiger partial charge in [-0.2, -0.15) is 0 Å². The largest absolute Gasteiger partial charge is 1.00 e. The van der Waals surface area contributed by atoms with E-state index in [4.69, 9.17) is 24.8 Å². The van der Waals surface area contributed by atoms with E-state index in [1.54, 1.807) is 0 Å². The Morgan fingerprint density at radius 1 is 0.459 bits per heavy atom. The molecule has 0 aliphatic carbocycles. The van der Waals surface area contributed by atoms with Crippen molar-refractivity contribution in [1.29, 1.82) is 0 Å². The predicted octanol–water partition coefficient (Wildman–Crippen LogP) is -26.0. The van der Waals surface area contributed by atoms with E-state index in [2.05, 4.69) is 4.31 Å². The molecule has 0 fully saturated rings. The normalized spacial score (nSPS) is 4.00. The summed E-state index contributed by atoms with van der Waals surface area (Å²) in [7, 11) is -10.7. The number of rotatable bonds is 2. The Hall–Kier alpha value is 0.650. The molecule has 0 radical (unpaired) electrons. The average molecular weight is 680 g/mol. The molecule has 256 valence electrons. The Labute approximate surface area is 248 Å². The number of carboxylic acid groups (broad SMARTS) is 2. The van der Waals surface area contributed by atoms with Gasteiger partial charge in [-0.3, -0.25) is 4.31 Å². The smallest absolute Gasteiger partial charge is 0.789 e. The first-order valence-corrected chi connectivity index (χ1v) is 5.14. The van der Waals surface area contributed by atoms with Crippen LogP contribution in [0, 0.1) is 0 Å². The summed E-state index contributed by atoms with van der Waals surface area (Å²) >= 11 is 0. The van der Waals surface area contributed by atoms with Crippen LogP contribution in [0.2, 0.25) is 0 Å². The van der Waals surface area contributed by atoms with Crippen molar-refractivity contribution < 1.29 is 228 Å². The van der Waals surface area contributed by atoms with E-state index in [1.807, 2.05) is 0 Å². The zero-order valence-electron chi connectivity index (χ0n) is 18.6. The van der Waals surface area contributed by atoms with E-state index in [0.29, 0.717) is 0 Å². The Kier molecular flexibility index (Phi) is 1690. The van der Waals surface area contributed by atoms with E-state index in [0.717, 1.165) is 0 Å². The molecule has 0 saturated carbocycles. The van der Waals surface area contributed by atoms with Gasteiger partial charge in [0.15, 0.2) is 0 Å². The maximum Gasteiger partial charge on any atom is 1.00 e. The van der Waals surface area contributed by atoms with E-state index >= 15 is 0 Å². The molecule has 0 bridgehead atoms. The second-order valence-corrected chi connectivity index (χ2v) is 3.83. The maximum absolute atomic E-state index is 9.55. The first kappa shape index (κ1) is 373. The van der Waals surface area contributed by atoms with Crippen molar-refractivity contribution >= 4 is 21.8 Å². The first-order chi connectivity index (χ1) is 5.44. The zero-order valence-corrected chi connectivity index (χ0v) is 24.4. The summed E-state index contributed by atoms with van der Waals surface area (Å²) in [5.74, 6) is 0. The van der Waals surface area contributed by atoms with Gasteiger partial charge in [0.2, 0.25) is 0 Å². The molecule has 0 aromatic carbocycles. The van der Waals surface area contributed by atoms with Gasteiger partial charge in [0.05, 0.1) is 7.82 Å². The third-order valence-corrected chi connectivity index (χ3v) is 1.86. The van der Waals surface area contributed by atoms with Crippen molar-refractivity contribution in [2.75, 3.05) is 0 Å². The van der Waals surface area contributed by atoms with E-state index in [1.165, 1.54) is 0 Å². The quantitative estimate of drug-likeness (QED) is 0.158. The molecule has 0 aliphatic rings. The Morgan fingerprint density at radius 3 is 0.541 bits per heavy atom. The van der Waals surface area contributed by atoms with Crippen LogP contribution in [0.25, 0.3) is 0 Å². The van der Waals surface area contributed by atoms with Crippen LogP contribution in [-0.2, 0) is 13.4 Å². The van der Waals surface area contributed by atoms with Gasteiger partial charge in [-0.25, -0.2) is 9.36 Å². The fraction of sp³-hybridized carbons (Fsp3) is 0. The molecule has 0 heterocycles. The average Bonchev–Trinajstić information content (AvgIpc) is 1.47. The molecule has 36 heteroatoms. The summed E-state index contributed by atoms with van der Waals surface area (Å²) in [6.07, 6.45) is -1.83. The zero-order chi connectivity index (χ0) is 11.3. The molecule has 0 aromatic heterocycles. The van der Waals surface area contributed by atoms with E-state index in [-0.39, 0.29) is 180 Å². The minimum Gasteiger partial charge on any atom is -0.789 e. The van der Waals surface area contributed by atoms with Crippen molar-refractivity contribution in [2.24, 2.45) is 0 Å². The van der Waals surface area contributed by atoms with Crippen molar-refractivity contribution in [3.63, 3.8) is 0 Å². The Bertz CT molecular complexity index is 234. The number of hydrogen-bond donors (Lipinski definition) is 4. The summed E-state index contributed by atoms with van der Waals surface area (Å²) in [4.78, 5) is 42.7. The topological polar surface area (TPSA) is 880 Å². The minimum absolute atomic E-state index is 0. The van der Waals surface area contributed by atoms with E-state index < -0.39 is 21.8 Å². The molecule has 0 spiro atoms.